The Hall–Kier alpha value is -2.04. The molecule has 1 aliphatic carbocycles. The Labute approximate surface area is 130 Å². The number of hydrogen-bond acceptors (Lipinski definition) is 3. The topological polar surface area (TPSA) is 60.1 Å². The van der Waals surface area contributed by atoms with Gasteiger partial charge in [-0.1, -0.05) is 0 Å². The minimum absolute atomic E-state index is 0.0293. The first-order valence-corrected chi connectivity index (χ1v) is 7.80. The van der Waals surface area contributed by atoms with Crippen molar-refractivity contribution in [1.82, 2.24) is 15.1 Å². The largest absolute Gasteiger partial charge is 0.469 e. The van der Waals surface area contributed by atoms with Crippen LogP contribution in [0.5, 0.6) is 0 Å². The lowest BCUT2D eigenvalue weighted by Gasteiger charge is -2.28. The first-order chi connectivity index (χ1) is 10.4. The normalized spacial score (nSPS) is 18.1. The molecule has 118 valence electrons. The van der Waals surface area contributed by atoms with Gasteiger partial charge in [0.15, 0.2) is 0 Å². The Kier molecular flexibility index (Phi) is 3.59. The van der Waals surface area contributed by atoms with Gasteiger partial charge in [-0.3, -0.25) is 9.48 Å². The summed E-state index contributed by atoms with van der Waals surface area (Å²) < 4.78 is 7.30. The molecule has 0 aliphatic heterocycles. The number of carbonyl (C=O) groups is 1. The Balaban J connectivity index is 1.85. The van der Waals surface area contributed by atoms with Gasteiger partial charge >= 0.3 is 0 Å². The van der Waals surface area contributed by atoms with Gasteiger partial charge in [0.25, 0.3) is 5.91 Å². The van der Waals surface area contributed by atoms with Crippen molar-refractivity contribution in [1.29, 1.82) is 0 Å². The highest BCUT2D eigenvalue weighted by Crippen LogP contribution is 2.32. The second kappa shape index (κ2) is 5.30. The zero-order valence-electron chi connectivity index (χ0n) is 13.6. The molecule has 0 saturated heterocycles. The second-order valence-electron chi connectivity index (χ2n) is 6.94. The minimum Gasteiger partial charge on any atom is -0.469 e. The summed E-state index contributed by atoms with van der Waals surface area (Å²) in [5, 5.41) is 7.68. The van der Waals surface area contributed by atoms with Gasteiger partial charge in [0, 0.05) is 11.3 Å². The Morgan fingerprint density at radius 2 is 2.23 bits per heavy atom. The molecule has 0 bridgehead atoms. The monoisotopic (exact) mass is 301 g/mol. The summed E-state index contributed by atoms with van der Waals surface area (Å²) in [4.78, 5) is 12.4. The number of carbonyl (C=O) groups excluding carboxylic acids is 1. The average molecular weight is 301 g/mol. The van der Waals surface area contributed by atoms with Crippen molar-refractivity contribution in [2.24, 2.45) is 0 Å². The highest BCUT2D eigenvalue weighted by atomic mass is 16.3. The average Bonchev–Trinajstić information content (AvgIpc) is 3.04. The molecule has 2 aromatic rings. The summed E-state index contributed by atoms with van der Waals surface area (Å²) in [7, 11) is 0. The molecule has 5 nitrogen and oxygen atoms in total. The van der Waals surface area contributed by atoms with Crippen LogP contribution in [-0.2, 0) is 12.0 Å². The fraction of sp³-hybridized carbons (Fsp3) is 0.529. The van der Waals surface area contributed by atoms with Gasteiger partial charge in [0.1, 0.15) is 5.76 Å². The number of aromatic nitrogens is 2. The molecule has 22 heavy (non-hydrogen) atoms. The van der Waals surface area contributed by atoms with E-state index in [4.69, 9.17) is 4.42 Å². The van der Waals surface area contributed by atoms with Crippen LogP contribution in [0.2, 0.25) is 0 Å². The van der Waals surface area contributed by atoms with Crippen molar-refractivity contribution in [3.8, 4) is 0 Å². The van der Waals surface area contributed by atoms with Gasteiger partial charge in [0.05, 0.1) is 29.6 Å². The molecule has 0 fully saturated rings. The number of nitrogens with zero attached hydrogens (tertiary/aromatic N) is 2. The van der Waals surface area contributed by atoms with Crippen LogP contribution in [-0.4, -0.2) is 15.7 Å². The van der Waals surface area contributed by atoms with Crippen molar-refractivity contribution < 1.29 is 9.21 Å². The van der Waals surface area contributed by atoms with Gasteiger partial charge in [-0.05, 0) is 53.0 Å². The number of furan rings is 1. The van der Waals surface area contributed by atoms with Gasteiger partial charge in [-0.15, -0.1) is 0 Å². The third-order valence-corrected chi connectivity index (χ3v) is 4.23. The number of rotatable bonds is 2. The van der Waals surface area contributed by atoms with Crippen molar-refractivity contribution in [3.63, 3.8) is 0 Å². The van der Waals surface area contributed by atoms with Crippen LogP contribution in [0.3, 0.4) is 0 Å². The van der Waals surface area contributed by atoms with Crippen LogP contribution in [0, 0.1) is 6.92 Å². The molecule has 0 aromatic carbocycles. The summed E-state index contributed by atoms with van der Waals surface area (Å²) in [5.41, 5.74) is 2.96. The van der Waals surface area contributed by atoms with Crippen LogP contribution in [0.15, 0.2) is 22.9 Å². The Morgan fingerprint density at radius 1 is 1.45 bits per heavy atom. The lowest BCUT2D eigenvalue weighted by atomic mass is 9.92. The van der Waals surface area contributed by atoms with Gasteiger partial charge in [0.2, 0.25) is 0 Å². The smallest absolute Gasteiger partial charge is 0.255 e. The molecule has 2 heterocycles. The molecule has 0 unspecified atom stereocenters. The number of fused-ring (bicyclic) bond motifs is 1. The number of aryl methyl sites for hydroxylation is 1. The minimum atomic E-state index is -0.0763. The lowest BCUT2D eigenvalue weighted by Crippen LogP contribution is -2.32. The molecular weight excluding hydrogens is 278 g/mol. The summed E-state index contributed by atoms with van der Waals surface area (Å²) in [6.07, 6.45) is 6.49. The first-order valence-electron chi connectivity index (χ1n) is 7.80. The fourth-order valence-electron chi connectivity index (χ4n) is 3.14. The third kappa shape index (κ3) is 2.56. The van der Waals surface area contributed by atoms with Crippen LogP contribution in [0.1, 0.15) is 67.0 Å². The van der Waals surface area contributed by atoms with Crippen molar-refractivity contribution >= 4 is 5.91 Å². The molecule has 3 rings (SSSR count). The quantitative estimate of drug-likeness (QED) is 0.925. The van der Waals surface area contributed by atoms with Gasteiger partial charge in [-0.25, -0.2) is 0 Å². The standard InChI is InChI=1S/C17H23N3O2/c1-11-12(8-9-22-11)16(21)19-14-6-5-7-15-13(14)10-18-20(15)17(2,3)4/h8-10,14H,5-7H2,1-4H3,(H,19,21)/t14-/m1/s1. The van der Waals surface area contributed by atoms with Gasteiger partial charge < -0.3 is 9.73 Å². The van der Waals surface area contributed by atoms with E-state index in [9.17, 15) is 4.79 Å². The Bertz CT molecular complexity index is 691. The van der Waals surface area contributed by atoms with Crippen molar-refractivity contribution in [3.05, 3.63) is 41.1 Å². The third-order valence-electron chi connectivity index (χ3n) is 4.23. The molecule has 0 radical (unpaired) electrons. The van der Waals surface area contributed by atoms with E-state index < -0.39 is 0 Å². The maximum absolute atomic E-state index is 12.4. The summed E-state index contributed by atoms with van der Waals surface area (Å²) in [5.74, 6) is 0.575. The molecule has 0 saturated carbocycles. The van der Waals surface area contributed by atoms with E-state index in [1.54, 1.807) is 19.3 Å². The number of hydrogen-bond donors (Lipinski definition) is 1. The molecule has 1 atom stereocenters. The van der Waals surface area contributed by atoms with E-state index in [0.29, 0.717) is 11.3 Å². The molecule has 5 heteroatoms. The molecule has 1 N–H and O–H groups in total. The lowest BCUT2D eigenvalue weighted by molar-refractivity contribution is 0.0931. The SMILES string of the molecule is Cc1occc1C(=O)N[C@@H]1CCCc2c1cnn2C(C)(C)C. The van der Waals surface area contributed by atoms with E-state index in [0.717, 1.165) is 24.8 Å². The highest BCUT2D eigenvalue weighted by molar-refractivity contribution is 5.95. The second-order valence-corrected chi connectivity index (χ2v) is 6.94. The molecular formula is C17H23N3O2. The van der Waals surface area contributed by atoms with Crippen LogP contribution >= 0.6 is 0 Å². The van der Waals surface area contributed by atoms with Crippen LogP contribution in [0.25, 0.3) is 0 Å². The van der Waals surface area contributed by atoms with Crippen molar-refractivity contribution in [2.45, 2.75) is 58.5 Å². The molecule has 1 aliphatic rings. The van der Waals surface area contributed by atoms with E-state index >= 15 is 0 Å². The summed E-state index contributed by atoms with van der Waals surface area (Å²) in [6, 6.07) is 1.74. The highest BCUT2D eigenvalue weighted by Gasteiger charge is 2.29. The number of nitrogens with one attached hydrogen (secondary N) is 1. The van der Waals surface area contributed by atoms with E-state index in [1.165, 1.54) is 5.69 Å². The summed E-state index contributed by atoms with van der Waals surface area (Å²) in [6.45, 7) is 8.25. The first kappa shape index (κ1) is 14.9. The van der Waals surface area contributed by atoms with Crippen molar-refractivity contribution in [2.75, 3.05) is 0 Å². The zero-order valence-corrected chi connectivity index (χ0v) is 13.6. The van der Waals surface area contributed by atoms with Gasteiger partial charge in [-0.2, -0.15) is 5.10 Å². The molecule has 2 aromatic heterocycles. The van der Waals surface area contributed by atoms with Crippen LogP contribution < -0.4 is 5.32 Å². The maximum Gasteiger partial charge on any atom is 0.255 e. The van der Waals surface area contributed by atoms with Crippen LogP contribution in [0.4, 0.5) is 0 Å². The molecule has 0 spiro atoms. The molecule has 1 amide bonds. The Morgan fingerprint density at radius 3 is 2.86 bits per heavy atom. The fourth-order valence-corrected chi connectivity index (χ4v) is 3.14. The van der Waals surface area contributed by atoms with E-state index in [2.05, 4.69) is 35.9 Å². The predicted octanol–water partition coefficient (Wildman–Crippen LogP) is 3.35. The number of amides is 1. The van der Waals surface area contributed by atoms with E-state index in [-0.39, 0.29) is 17.5 Å². The summed E-state index contributed by atoms with van der Waals surface area (Å²) >= 11 is 0. The maximum atomic E-state index is 12.4. The zero-order chi connectivity index (χ0) is 15.9. The predicted molar refractivity (Wildman–Crippen MR) is 83.8 cm³/mol. The van der Waals surface area contributed by atoms with E-state index in [1.807, 2.05) is 6.20 Å².